The largest absolute Gasteiger partial charge is 0.465 e. The van der Waals surface area contributed by atoms with Gasteiger partial charge >= 0.3 is 0 Å². The molecule has 188 valence electrons. The highest BCUT2D eigenvalue weighted by Crippen LogP contribution is 2.32. The number of hydrogen-bond acceptors (Lipinski definition) is 4. The van der Waals surface area contributed by atoms with Crippen LogP contribution in [0.3, 0.4) is 0 Å². The number of halogens is 1. The lowest BCUT2D eigenvalue weighted by atomic mass is 9.99. The fraction of sp³-hybridized carbons (Fsp3) is 0.483. The summed E-state index contributed by atoms with van der Waals surface area (Å²) in [4.78, 5) is 17.6. The van der Waals surface area contributed by atoms with Gasteiger partial charge in [0, 0.05) is 25.4 Å². The number of ether oxygens (including phenoxy) is 2. The maximum absolute atomic E-state index is 13.8. The lowest BCUT2D eigenvalue weighted by molar-refractivity contribution is -0.132. The van der Waals surface area contributed by atoms with Crippen LogP contribution in [0.2, 0.25) is 0 Å². The fourth-order valence-electron chi connectivity index (χ4n) is 4.97. The van der Waals surface area contributed by atoms with E-state index in [1.807, 2.05) is 24.0 Å². The van der Waals surface area contributed by atoms with Gasteiger partial charge in [0.2, 0.25) is 5.91 Å². The predicted octanol–water partition coefficient (Wildman–Crippen LogP) is 5.73. The predicted molar refractivity (Wildman–Crippen MR) is 137 cm³/mol. The van der Waals surface area contributed by atoms with Gasteiger partial charge in [-0.1, -0.05) is 12.1 Å². The van der Waals surface area contributed by atoms with Crippen molar-refractivity contribution in [2.24, 2.45) is 0 Å². The van der Waals surface area contributed by atoms with E-state index in [1.165, 1.54) is 17.2 Å². The Hall–Kier alpha value is -2.86. The van der Waals surface area contributed by atoms with E-state index >= 15 is 0 Å². The summed E-state index contributed by atoms with van der Waals surface area (Å²) in [7, 11) is 1.67. The molecule has 0 saturated heterocycles. The van der Waals surface area contributed by atoms with Crippen LogP contribution in [0.5, 0.6) is 0 Å². The van der Waals surface area contributed by atoms with Gasteiger partial charge in [0.25, 0.3) is 0 Å². The quantitative estimate of drug-likeness (QED) is 0.540. The molecule has 0 spiro atoms. The molecule has 0 radical (unpaired) electrons. The molecule has 6 heteroatoms. The number of aryl methyl sites for hydroxylation is 1. The smallest absolute Gasteiger partial charge is 0.242 e. The van der Waals surface area contributed by atoms with Crippen molar-refractivity contribution in [2.75, 3.05) is 33.4 Å². The molecule has 5 nitrogen and oxygen atoms in total. The molecule has 3 aliphatic heterocycles. The number of carbonyl (C=O) groups excluding carboxylic acids is 1. The van der Waals surface area contributed by atoms with Crippen LogP contribution in [0.1, 0.15) is 57.6 Å². The minimum absolute atomic E-state index is 0.0951. The lowest BCUT2D eigenvalue weighted by Crippen LogP contribution is -2.46. The van der Waals surface area contributed by atoms with Crippen molar-refractivity contribution >= 4 is 11.5 Å². The average Bonchev–Trinajstić information content (AvgIpc) is 3.08. The molecule has 3 aliphatic rings. The van der Waals surface area contributed by atoms with Crippen LogP contribution in [-0.4, -0.2) is 55.1 Å². The van der Waals surface area contributed by atoms with Crippen molar-refractivity contribution in [3.63, 3.8) is 0 Å². The highest BCUT2D eigenvalue weighted by molar-refractivity contribution is 5.80. The number of methoxy groups -OCH3 is 1. The molecule has 4 rings (SSSR count). The van der Waals surface area contributed by atoms with Crippen LogP contribution in [-0.2, 0) is 14.3 Å². The van der Waals surface area contributed by atoms with Crippen LogP contribution < -0.4 is 0 Å². The molecule has 0 saturated carbocycles. The molecule has 1 amide bonds. The Kier molecular flexibility index (Phi) is 7.80. The number of amides is 1. The second-order valence-electron chi connectivity index (χ2n) is 9.94. The number of hydrogen-bond donors (Lipinski definition) is 0. The Labute approximate surface area is 208 Å². The van der Waals surface area contributed by atoms with Crippen molar-refractivity contribution < 1.29 is 18.7 Å². The summed E-state index contributed by atoms with van der Waals surface area (Å²) in [6.45, 7) is 9.99. The summed E-state index contributed by atoms with van der Waals surface area (Å²) in [6.07, 6.45) is 7.94. The molecule has 0 aromatic heterocycles. The first-order chi connectivity index (χ1) is 16.8. The molecule has 0 aliphatic carbocycles. The molecule has 1 aromatic rings. The van der Waals surface area contributed by atoms with Gasteiger partial charge in [-0.05, 0) is 99.4 Å². The summed E-state index contributed by atoms with van der Waals surface area (Å²) in [5, 5.41) is 0. The van der Waals surface area contributed by atoms with Crippen molar-refractivity contribution in [1.82, 2.24) is 9.80 Å². The van der Waals surface area contributed by atoms with Gasteiger partial charge in [0.05, 0.1) is 25.5 Å². The molecule has 0 fully saturated rings. The Morgan fingerprint density at radius 3 is 2.74 bits per heavy atom. The van der Waals surface area contributed by atoms with Crippen LogP contribution in [0.25, 0.3) is 5.57 Å². The maximum atomic E-state index is 13.8. The van der Waals surface area contributed by atoms with Crippen molar-refractivity contribution in [3.8, 4) is 0 Å². The van der Waals surface area contributed by atoms with Crippen molar-refractivity contribution in [2.45, 2.75) is 59.4 Å². The van der Waals surface area contributed by atoms with Crippen LogP contribution >= 0.6 is 0 Å². The standard InChI is InChI=1S/C29H37FN2O3/c1-19-6-8-23-12-13-31(16-28(23)35-22(19)4)29(33)17-32-21(3)7-9-25(15-26(32)18-34-5)24-10-11-27(30)20(2)14-24/h9-11,14-15,21H,6-8,12-13,16-18H2,1-5H3. The highest BCUT2D eigenvalue weighted by atomic mass is 19.1. The van der Waals surface area contributed by atoms with Gasteiger partial charge in [-0.2, -0.15) is 0 Å². The third kappa shape index (κ3) is 5.69. The van der Waals surface area contributed by atoms with E-state index < -0.39 is 0 Å². The lowest BCUT2D eigenvalue weighted by Gasteiger charge is -2.35. The second-order valence-corrected chi connectivity index (χ2v) is 9.94. The Morgan fingerprint density at radius 1 is 1.20 bits per heavy atom. The summed E-state index contributed by atoms with van der Waals surface area (Å²) in [6, 6.07) is 5.32. The van der Waals surface area contributed by atoms with Crippen LogP contribution in [0, 0.1) is 12.7 Å². The fourth-order valence-corrected chi connectivity index (χ4v) is 4.97. The molecule has 1 atom stereocenters. The molecule has 0 N–H and O–H groups in total. The zero-order valence-electron chi connectivity index (χ0n) is 21.6. The molecular weight excluding hydrogens is 443 g/mol. The molecule has 1 unspecified atom stereocenters. The SMILES string of the molecule is COCC1=CC(c2ccc(F)c(C)c2)=CCC(C)N1CC(=O)N1CCC2=C(C1)OC(C)=C(C)CC2. The van der Waals surface area contributed by atoms with E-state index in [0.717, 1.165) is 60.6 Å². The van der Waals surface area contributed by atoms with Crippen molar-refractivity contribution in [3.05, 3.63) is 75.7 Å². The van der Waals surface area contributed by atoms with E-state index in [1.54, 1.807) is 14.0 Å². The van der Waals surface area contributed by atoms with Gasteiger partial charge in [0.15, 0.2) is 0 Å². The maximum Gasteiger partial charge on any atom is 0.242 e. The number of allylic oxidation sites excluding steroid dienone is 4. The van der Waals surface area contributed by atoms with E-state index in [-0.39, 0.29) is 24.3 Å². The highest BCUT2D eigenvalue weighted by Gasteiger charge is 2.29. The molecule has 35 heavy (non-hydrogen) atoms. The average molecular weight is 481 g/mol. The molecule has 3 heterocycles. The Bertz CT molecular complexity index is 1110. The monoisotopic (exact) mass is 480 g/mol. The van der Waals surface area contributed by atoms with Gasteiger partial charge < -0.3 is 19.3 Å². The number of rotatable bonds is 5. The molecule has 0 bridgehead atoms. The summed E-state index contributed by atoms with van der Waals surface area (Å²) in [5.74, 6) is 1.80. The number of benzene rings is 1. The Morgan fingerprint density at radius 2 is 2.00 bits per heavy atom. The molecular formula is C29H37FN2O3. The van der Waals surface area contributed by atoms with Crippen LogP contribution in [0.15, 0.2) is 58.7 Å². The third-order valence-electron chi connectivity index (χ3n) is 7.44. The van der Waals surface area contributed by atoms with Gasteiger partial charge in [-0.3, -0.25) is 4.79 Å². The van der Waals surface area contributed by atoms with Crippen LogP contribution in [0.4, 0.5) is 4.39 Å². The summed E-state index contributed by atoms with van der Waals surface area (Å²) in [5.41, 5.74) is 6.20. The minimum atomic E-state index is -0.206. The zero-order valence-corrected chi connectivity index (χ0v) is 21.6. The summed E-state index contributed by atoms with van der Waals surface area (Å²) < 4.78 is 25.5. The first-order valence-electron chi connectivity index (χ1n) is 12.5. The van der Waals surface area contributed by atoms with Crippen molar-refractivity contribution in [1.29, 1.82) is 0 Å². The Balaban J connectivity index is 1.52. The normalized spacial score (nSPS) is 21.1. The number of nitrogens with zero attached hydrogens (tertiary/aromatic N) is 2. The van der Waals surface area contributed by atoms with Gasteiger partial charge in [-0.25, -0.2) is 4.39 Å². The zero-order chi connectivity index (χ0) is 25.1. The number of carbonyl (C=O) groups is 1. The molecule has 1 aromatic carbocycles. The van der Waals surface area contributed by atoms with Gasteiger partial charge in [0.1, 0.15) is 11.6 Å². The minimum Gasteiger partial charge on any atom is -0.465 e. The first kappa shape index (κ1) is 25.2. The van der Waals surface area contributed by atoms with Gasteiger partial charge in [-0.15, -0.1) is 0 Å². The van der Waals surface area contributed by atoms with E-state index in [9.17, 15) is 9.18 Å². The van der Waals surface area contributed by atoms with E-state index in [4.69, 9.17) is 9.47 Å². The first-order valence-corrected chi connectivity index (χ1v) is 12.5. The topological polar surface area (TPSA) is 42.0 Å². The van der Waals surface area contributed by atoms with E-state index in [2.05, 4.69) is 30.9 Å². The second kappa shape index (κ2) is 10.8. The third-order valence-corrected chi connectivity index (χ3v) is 7.44. The summed E-state index contributed by atoms with van der Waals surface area (Å²) >= 11 is 0. The van der Waals surface area contributed by atoms with E-state index in [0.29, 0.717) is 18.7 Å².